The van der Waals surface area contributed by atoms with Crippen molar-refractivity contribution in [1.82, 2.24) is 4.90 Å². The van der Waals surface area contributed by atoms with Crippen molar-refractivity contribution in [1.29, 1.82) is 0 Å². The molecule has 0 aromatic heterocycles. The summed E-state index contributed by atoms with van der Waals surface area (Å²) in [5.41, 5.74) is 10.2. The number of carbonyl (C=O) groups excluding carboxylic acids is 1. The molecule has 4 heteroatoms. The van der Waals surface area contributed by atoms with E-state index in [1.54, 1.807) is 30.1 Å². The van der Waals surface area contributed by atoms with Gasteiger partial charge in [0, 0.05) is 19.2 Å². The first-order chi connectivity index (χ1) is 9.88. The third kappa shape index (κ3) is 3.56. The molecule has 0 saturated carbocycles. The van der Waals surface area contributed by atoms with E-state index in [1.807, 2.05) is 0 Å². The highest BCUT2D eigenvalue weighted by Gasteiger charge is 2.14. The number of carbonyl (C=O) groups is 1. The van der Waals surface area contributed by atoms with E-state index in [0.29, 0.717) is 22.8 Å². The number of benzene rings is 2. The van der Waals surface area contributed by atoms with Crippen molar-refractivity contribution in [3.05, 3.63) is 63.7 Å². The van der Waals surface area contributed by atoms with Crippen LogP contribution in [0.1, 0.15) is 27.0 Å². The molecule has 0 saturated heterocycles. The topological polar surface area (TPSA) is 46.3 Å². The van der Waals surface area contributed by atoms with Crippen LogP contribution in [0.25, 0.3) is 0 Å². The van der Waals surface area contributed by atoms with Crippen LogP contribution in [0.2, 0.25) is 5.02 Å². The Hall–Kier alpha value is -2.00. The Morgan fingerprint density at radius 2 is 1.90 bits per heavy atom. The number of hydrogen-bond acceptors (Lipinski definition) is 2. The molecule has 0 aliphatic carbocycles. The molecule has 0 radical (unpaired) electrons. The maximum absolute atomic E-state index is 12.4. The molecule has 0 heterocycles. The Balaban J connectivity index is 2.17. The Labute approximate surface area is 130 Å². The average Bonchev–Trinajstić information content (AvgIpc) is 2.44. The van der Waals surface area contributed by atoms with Gasteiger partial charge in [0.25, 0.3) is 5.91 Å². The highest BCUT2D eigenvalue weighted by molar-refractivity contribution is 6.33. The third-order valence-electron chi connectivity index (χ3n) is 3.50. The minimum Gasteiger partial charge on any atom is -0.398 e. The first-order valence-corrected chi connectivity index (χ1v) is 7.13. The van der Waals surface area contributed by atoms with Crippen molar-refractivity contribution in [2.45, 2.75) is 20.4 Å². The lowest BCUT2D eigenvalue weighted by atomic mass is 10.1. The normalized spacial score (nSPS) is 10.5. The quantitative estimate of drug-likeness (QED) is 0.876. The van der Waals surface area contributed by atoms with Gasteiger partial charge in [-0.25, -0.2) is 0 Å². The zero-order valence-corrected chi connectivity index (χ0v) is 13.2. The number of amides is 1. The molecule has 0 bridgehead atoms. The largest absolute Gasteiger partial charge is 0.398 e. The summed E-state index contributed by atoms with van der Waals surface area (Å²) < 4.78 is 0. The van der Waals surface area contributed by atoms with Crippen molar-refractivity contribution in [3.63, 3.8) is 0 Å². The number of anilines is 1. The van der Waals surface area contributed by atoms with E-state index in [0.717, 1.165) is 5.56 Å². The molecule has 21 heavy (non-hydrogen) atoms. The molecule has 0 atom stereocenters. The van der Waals surface area contributed by atoms with Crippen LogP contribution in [0.15, 0.2) is 36.4 Å². The predicted octanol–water partition coefficient (Wildman–Crippen LogP) is 3.81. The molecule has 2 N–H and O–H groups in total. The summed E-state index contributed by atoms with van der Waals surface area (Å²) >= 11 is 5.97. The Bertz CT molecular complexity index is 682. The zero-order chi connectivity index (χ0) is 15.6. The first-order valence-electron chi connectivity index (χ1n) is 6.75. The Morgan fingerprint density at radius 3 is 2.52 bits per heavy atom. The fourth-order valence-corrected chi connectivity index (χ4v) is 2.41. The van der Waals surface area contributed by atoms with Gasteiger partial charge in [0.1, 0.15) is 0 Å². The van der Waals surface area contributed by atoms with Crippen molar-refractivity contribution in [3.8, 4) is 0 Å². The molecule has 2 aromatic carbocycles. The molecule has 2 rings (SSSR count). The van der Waals surface area contributed by atoms with Gasteiger partial charge >= 0.3 is 0 Å². The fraction of sp³-hybridized carbons (Fsp3) is 0.235. The van der Waals surface area contributed by atoms with E-state index in [4.69, 9.17) is 17.3 Å². The van der Waals surface area contributed by atoms with E-state index < -0.39 is 0 Å². The van der Waals surface area contributed by atoms with Gasteiger partial charge in [-0.1, -0.05) is 35.4 Å². The SMILES string of the molecule is Cc1ccc(CN(C)C(=O)c2ccc(N)c(Cl)c2)c(C)c1. The molecule has 0 spiro atoms. The van der Waals surface area contributed by atoms with Crippen molar-refractivity contribution in [2.24, 2.45) is 0 Å². The number of nitrogens with zero attached hydrogens (tertiary/aromatic N) is 1. The van der Waals surface area contributed by atoms with Crippen LogP contribution < -0.4 is 5.73 Å². The molecular weight excluding hydrogens is 284 g/mol. The molecule has 0 aliphatic heterocycles. The van der Waals surface area contributed by atoms with E-state index >= 15 is 0 Å². The average molecular weight is 303 g/mol. The summed E-state index contributed by atoms with van der Waals surface area (Å²) in [4.78, 5) is 14.1. The van der Waals surface area contributed by atoms with Crippen LogP contribution in [0.3, 0.4) is 0 Å². The molecule has 0 unspecified atom stereocenters. The van der Waals surface area contributed by atoms with Gasteiger partial charge in [0.2, 0.25) is 0 Å². The molecule has 0 aliphatic rings. The van der Waals surface area contributed by atoms with Gasteiger partial charge in [0.15, 0.2) is 0 Å². The molecule has 110 valence electrons. The summed E-state index contributed by atoms with van der Waals surface area (Å²) in [5, 5.41) is 0.403. The molecule has 1 amide bonds. The fourth-order valence-electron chi connectivity index (χ4n) is 2.23. The third-order valence-corrected chi connectivity index (χ3v) is 3.83. The lowest BCUT2D eigenvalue weighted by Crippen LogP contribution is -2.26. The van der Waals surface area contributed by atoms with Crippen molar-refractivity contribution in [2.75, 3.05) is 12.8 Å². The van der Waals surface area contributed by atoms with E-state index in [1.165, 1.54) is 11.1 Å². The number of rotatable bonds is 3. The van der Waals surface area contributed by atoms with Gasteiger partial charge in [-0.05, 0) is 43.2 Å². The van der Waals surface area contributed by atoms with Gasteiger partial charge in [-0.15, -0.1) is 0 Å². The first kappa shape index (κ1) is 15.4. The van der Waals surface area contributed by atoms with E-state index in [9.17, 15) is 4.79 Å². The standard InChI is InChI=1S/C17H19ClN2O/c1-11-4-5-14(12(2)8-11)10-20(3)17(21)13-6-7-16(19)15(18)9-13/h4-9H,10,19H2,1-3H3. The molecule has 3 nitrogen and oxygen atoms in total. The minimum absolute atomic E-state index is 0.0723. The predicted molar refractivity (Wildman–Crippen MR) is 87.6 cm³/mol. The number of nitrogens with two attached hydrogens (primary N) is 1. The zero-order valence-electron chi connectivity index (χ0n) is 12.5. The van der Waals surface area contributed by atoms with E-state index in [-0.39, 0.29) is 5.91 Å². The summed E-state index contributed by atoms with van der Waals surface area (Å²) in [6.07, 6.45) is 0. The van der Waals surface area contributed by atoms with Gasteiger partial charge in [0.05, 0.1) is 10.7 Å². The van der Waals surface area contributed by atoms with Crippen LogP contribution in [0.5, 0.6) is 0 Å². The van der Waals surface area contributed by atoms with Crippen LogP contribution in [-0.4, -0.2) is 17.9 Å². The Kier molecular flexibility index (Phi) is 4.53. The van der Waals surface area contributed by atoms with Gasteiger partial charge < -0.3 is 10.6 Å². The lowest BCUT2D eigenvalue weighted by Gasteiger charge is -2.19. The van der Waals surface area contributed by atoms with Crippen molar-refractivity contribution < 1.29 is 4.79 Å². The maximum atomic E-state index is 12.4. The monoisotopic (exact) mass is 302 g/mol. The summed E-state index contributed by atoms with van der Waals surface area (Å²) in [5.74, 6) is -0.0723. The van der Waals surface area contributed by atoms with Gasteiger partial charge in [-0.3, -0.25) is 4.79 Å². The number of halogens is 1. The summed E-state index contributed by atoms with van der Waals surface area (Å²) in [7, 11) is 1.78. The highest BCUT2D eigenvalue weighted by Crippen LogP contribution is 2.21. The van der Waals surface area contributed by atoms with Crippen LogP contribution in [0.4, 0.5) is 5.69 Å². The van der Waals surface area contributed by atoms with Crippen molar-refractivity contribution >= 4 is 23.2 Å². The lowest BCUT2D eigenvalue weighted by molar-refractivity contribution is 0.0785. The van der Waals surface area contributed by atoms with Crippen LogP contribution in [0, 0.1) is 13.8 Å². The number of aryl methyl sites for hydroxylation is 2. The summed E-state index contributed by atoms with van der Waals surface area (Å²) in [6, 6.07) is 11.2. The molecule has 2 aromatic rings. The number of hydrogen-bond donors (Lipinski definition) is 1. The maximum Gasteiger partial charge on any atom is 0.253 e. The molecular formula is C17H19ClN2O. The van der Waals surface area contributed by atoms with Crippen LogP contribution >= 0.6 is 11.6 Å². The van der Waals surface area contributed by atoms with E-state index in [2.05, 4.69) is 32.0 Å². The Morgan fingerprint density at radius 1 is 1.19 bits per heavy atom. The number of nitrogen functional groups attached to an aromatic ring is 1. The smallest absolute Gasteiger partial charge is 0.253 e. The highest BCUT2D eigenvalue weighted by atomic mass is 35.5. The summed E-state index contributed by atoms with van der Waals surface area (Å²) in [6.45, 7) is 4.68. The second kappa shape index (κ2) is 6.19. The van der Waals surface area contributed by atoms with Crippen LogP contribution in [-0.2, 0) is 6.54 Å². The van der Waals surface area contributed by atoms with Gasteiger partial charge in [-0.2, -0.15) is 0 Å². The second-order valence-corrected chi connectivity index (χ2v) is 5.73. The second-order valence-electron chi connectivity index (χ2n) is 5.33. The molecule has 0 fully saturated rings. The minimum atomic E-state index is -0.0723.